The van der Waals surface area contributed by atoms with Gasteiger partial charge in [0.05, 0.1) is 6.61 Å². The molecule has 174 valence electrons. The molecule has 6 nitrogen and oxygen atoms in total. The number of carbonyl (C=O) groups excluding carboxylic acids is 1. The minimum Gasteiger partial charge on any atom is -0.462 e. The predicted molar refractivity (Wildman–Crippen MR) is 133 cm³/mol. The smallest absolute Gasteiger partial charge is 0.349 e. The van der Waals surface area contributed by atoms with Gasteiger partial charge in [-0.3, -0.25) is 0 Å². The average molecular weight is 485 g/mol. The van der Waals surface area contributed by atoms with Crippen LogP contribution in [0.25, 0.3) is 11.1 Å². The van der Waals surface area contributed by atoms with Crippen molar-refractivity contribution < 1.29 is 17.9 Å². The van der Waals surface area contributed by atoms with Crippen LogP contribution >= 0.6 is 11.3 Å². The maximum atomic E-state index is 13.8. The van der Waals surface area contributed by atoms with E-state index in [1.165, 1.54) is 15.4 Å². The number of thiophene rings is 1. The zero-order valence-corrected chi connectivity index (χ0v) is 20.7. The summed E-state index contributed by atoms with van der Waals surface area (Å²) in [6, 6.07) is 15.6. The van der Waals surface area contributed by atoms with Crippen molar-refractivity contribution in [3.8, 4) is 11.1 Å². The predicted octanol–water partition coefficient (Wildman–Crippen LogP) is 4.72. The number of ether oxygens (including phenoxy) is 1. The van der Waals surface area contributed by atoms with Gasteiger partial charge in [-0.05, 0) is 38.0 Å². The number of anilines is 1. The summed E-state index contributed by atoms with van der Waals surface area (Å²) in [5.74, 6) is -0.600. The maximum absolute atomic E-state index is 13.8. The van der Waals surface area contributed by atoms with E-state index < -0.39 is 16.0 Å². The molecule has 1 aliphatic rings. The van der Waals surface area contributed by atoms with Gasteiger partial charge < -0.3 is 9.64 Å². The summed E-state index contributed by atoms with van der Waals surface area (Å²) in [7, 11) is -3.90. The number of carbonyl (C=O) groups is 1. The van der Waals surface area contributed by atoms with E-state index in [-0.39, 0.29) is 16.4 Å². The number of aryl methyl sites for hydroxylation is 2. The molecule has 33 heavy (non-hydrogen) atoms. The topological polar surface area (TPSA) is 66.9 Å². The van der Waals surface area contributed by atoms with E-state index in [1.54, 1.807) is 12.3 Å². The van der Waals surface area contributed by atoms with E-state index in [1.807, 2.05) is 30.3 Å². The highest BCUT2D eigenvalue weighted by Crippen LogP contribution is 2.38. The monoisotopic (exact) mass is 484 g/mol. The SMILES string of the molecule is CCOC(=O)c1scc(-c2ccccc2)c1S(=O)(=O)N1CCN(c2ccc(C)cc2C)CC1. The Morgan fingerprint density at radius 3 is 2.36 bits per heavy atom. The number of hydrogen-bond acceptors (Lipinski definition) is 6. The van der Waals surface area contributed by atoms with Gasteiger partial charge in [0.1, 0.15) is 9.77 Å². The van der Waals surface area contributed by atoms with Gasteiger partial charge in [-0.25, -0.2) is 13.2 Å². The van der Waals surface area contributed by atoms with Crippen molar-refractivity contribution in [2.45, 2.75) is 25.7 Å². The Bertz CT molecular complexity index is 1240. The first kappa shape index (κ1) is 23.5. The van der Waals surface area contributed by atoms with Crippen LogP contribution in [-0.2, 0) is 14.8 Å². The lowest BCUT2D eigenvalue weighted by atomic mass is 10.1. The van der Waals surface area contributed by atoms with Crippen molar-refractivity contribution in [1.29, 1.82) is 0 Å². The summed E-state index contributed by atoms with van der Waals surface area (Å²) in [5.41, 5.74) is 4.82. The van der Waals surface area contributed by atoms with Crippen LogP contribution < -0.4 is 4.90 Å². The van der Waals surface area contributed by atoms with Crippen LogP contribution in [0.1, 0.15) is 27.7 Å². The van der Waals surface area contributed by atoms with E-state index in [0.717, 1.165) is 22.6 Å². The van der Waals surface area contributed by atoms with Gasteiger partial charge in [-0.15, -0.1) is 11.3 Å². The number of piperazine rings is 1. The summed E-state index contributed by atoms with van der Waals surface area (Å²) >= 11 is 1.12. The third-order valence-corrected chi connectivity index (χ3v) is 8.89. The molecule has 2 heterocycles. The molecule has 1 saturated heterocycles. The summed E-state index contributed by atoms with van der Waals surface area (Å²) in [4.78, 5) is 15.0. The summed E-state index contributed by atoms with van der Waals surface area (Å²) in [6.07, 6.45) is 0. The van der Waals surface area contributed by atoms with Gasteiger partial charge in [-0.2, -0.15) is 4.31 Å². The first-order chi connectivity index (χ1) is 15.8. The van der Waals surface area contributed by atoms with Gasteiger partial charge in [0.25, 0.3) is 0 Å². The molecule has 0 atom stereocenters. The highest BCUT2D eigenvalue weighted by atomic mass is 32.2. The minimum absolute atomic E-state index is 0.0529. The molecule has 0 amide bonds. The van der Waals surface area contributed by atoms with Gasteiger partial charge in [-0.1, -0.05) is 48.0 Å². The number of nitrogens with zero attached hydrogens (tertiary/aromatic N) is 2. The molecule has 0 saturated carbocycles. The first-order valence-corrected chi connectivity index (χ1v) is 13.3. The summed E-state index contributed by atoms with van der Waals surface area (Å²) < 4.78 is 34.3. The molecule has 4 rings (SSSR count). The third kappa shape index (κ3) is 4.69. The van der Waals surface area contributed by atoms with Crippen molar-refractivity contribution in [3.63, 3.8) is 0 Å². The number of rotatable bonds is 6. The molecule has 8 heteroatoms. The van der Waals surface area contributed by atoms with Gasteiger partial charge >= 0.3 is 5.97 Å². The molecule has 0 unspecified atom stereocenters. The Morgan fingerprint density at radius 1 is 1.03 bits per heavy atom. The largest absolute Gasteiger partial charge is 0.462 e. The highest BCUT2D eigenvalue weighted by molar-refractivity contribution is 7.89. The van der Waals surface area contributed by atoms with Crippen LogP contribution in [0, 0.1) is 13.8 Å². The van der Waals surface area contributed by atoms with E-state index >= 15 is 0 Å². The van der Waals surface area contributed by atoms with Crippen LogP contribution in [-0.4, -0.2) is 51.5 Å². The molecular formula is C25H28N2O4S2. The molecule has 0 spiro atoms. The number of hydrogen-bond donors (Lipinski definition) is 0. The second kappa shape index (κ2) is 9.67. The Labute approximate surface area is 199 Å². The van der Waals surface area contributed by atoms with Crippen molar-refractivity contribution >= 4 is 33.0 Å². The van der Waals surface area contributed by atoms with Crippen molar-refractivity contribution in [2.24, 2.45) is 0 Å². The molecule has 0 bridgehead atoms. The van der Waals surface area contributed by atoms with E-state index in [9.17, 15) is 13.2 Å². The lowest BCUT2D eigenvalue weighted by Gasteiger charge is -2.36. The fourth-order valence-corrected chi connectivity index (χ4v) is 7.29. The zero-order chi connectivity index (χ0) is 23.6. The molecule has 1 fully saturated rings. The van der Waals surface area contributed by atoms with Crippen molar-refractivity contribution in [1.82, 2.24) is 4.31 Å². The lowest BCUT2D eigenvalue weighted by molar-refractivity contribution is 0.0528. The molecule has 1 aromatic heterocycles. The molecule has 0 radical (unpaired) electrons. The highest BCUT2D eigenvalue weighted by Gasteiger charge is 2.36. The zero-order valence-electron chi connectivity index (χ0n) is 19.1. The van der Waals surface area contributed by atoms with Crippen LogP contribution in [0.5, 0.6) is 0 Å². The number of benzene rings is 2. The molecule has 0 aliphatic carbocycles. The molecule has 1 aliphatic heterocycles. The fourth-order valence-electron chi connectivity index (χ4n) is 4.22. The van der Waals surface area contributed by atoms with Crippen LogP contribution in [0.4, 0.5) is 5.69 Å². The van der Waals surface area contributed by atoms with Gasteiger partial charge in [0.2, 0.25) is 10.0 Å². The average Bonchev–Trinajstić information content (AvgIpc) is 3.26. The molecule has 3 aromatic rings. The normalized spacial score (nSPS) is 14.9. The molecule has 0 N–H and O–H groups in total. The summed E-state index contributed by atoms with van der Waals surface area (Å²) in [6.45, 7) is 7.91. The van der Waals surface area contributed by atoms with E-state index in [2.05, 4.69) is 36.9 Å². The van der Waals surface area contributed by atoms with Gasteiger partial charge in [0.15, 0.2) is 0 Å². The van der Waals surface area contributed by atoms with Crippen molar-refractivity contribution in [3.05, 3.63) is 69.9 Å². The summed E-state index contributed by atoms with van der Waals surface area (Å²) in [5, 5.41) is 1.74. The Hall–Kier alpha value is -2.68. The first-order valence-electron chi connectivity index (χ1n) is 11.0. The minimum atomic E-state index is -3.90. The Morgan fingerprint density at radius 2 is 1.73 bits per heavy atom. The quantitative estimate of drug-likeness (QED) is 0.474. The number of sulfonamides is 1. The molecular weight excluding hydrogens is 456 g/mol. The van der Waals surface area contributed by atoms with E-state index in [0.29, 0.717) is 31.7 Å². The second-order valence-corrected chi connectivity index (χ2v) is 10.8. The lowest BCUT2D eigenvalue weighted by Crippen LogP contribution is -2.49. The molecule has 2 aromatic carbocycles. The standard InChI is InChI=1S/C25H28N2O4S2/c1-4-31-25(28)23-24(21(17-32-23)20-8-6-5-7-9-20)33(29,30)27-14-12-26(13-15-27)22-11-10-18(2)16-19(22)3/h5-11,16-17H,4,12-15H2,1-3H3. The Kier molecular flexibility index (Phi) is 6.88. The van der Waals surface area contributed by atoms with Gasteiger partial charge in [0, 0.05) is 42.8 Å². The van der Waals surface area contributed by atoms with Crippen molar-refractivity contribution in [2.75, 3.05) is 37.7 Å². The Balaban J connectivity index is 1.66. The van der Waals surface area contributed by atoms with Crippen LogP contribution in [0.3, 0.4) is 0 Å². The number of esters is 1. The fraction of sp³-hybridized carbons (Fsp3) is 0.320. The van der Waals surface area contributed by atoms with Crippen LogP contribution in [0.2, 0.25) is 0 Å². The second-order valence-electron chi connectivity index (χ2n) is 8.08. The third-order valence-electron chi connectivity index (χ3n) is 5.82. The van der Waals surface area contributed by atoms with E-state index in [4.69, 9.17) is 4.74 Å². The maximum Gasteiger partial charge on any atom is 0.349 e. The van der Waals surface area contributed by atoms with Crippen LogP contribution in [0.15, 0.2) is 58.8 Å².